The van der Waals surface area contributed by atoms with Gasteiger partial charge in [-0.1, -0.05) is 126 Å². The van der Waals surface area contributed by atoms with E-state index in [0.717, 1.165) is 39.3 Å². The fourth-order valence-electron chi connectivity index (χ4n) is 3.50. The van der Waals surface area contributed by atoms with Gasteiger partial charge in [0.2, 0.25) is 0 Å². The molecule has 0 N–H and O–H groups in total. The molecule has 0 saturated heterocycles. The Kier molecular flexibility index (Phi) is 7.24. The van der Waals surface area contributed by atoms with Gasteiger partial charge in [0.25, 0.3) is 0 Å². The Hall–Kier alpha value is -4.24. The second-order valence-electron chi connectivity index (χ2n) is 7.48. The predicted octanol–water partition coefficient (Wildman–Crippen LogP) is 7.44. The zero-order valence-electron chi connectivity index (χ0n) is 18.4. The average molecular weight is 431 g/mol. The van der Waals surface area contributed by atoms with Crippen molar-refractivity contribution < 1.29 is 9.32 Å². The van der Waals surface area contributed by atoms with E-state index in [2.05, 4.69) is 17.3 Å². The molecule has 0 bridgehead atoms. The molecule has 161 valence electrons. The number of aryl methyl sites for hydroxylation is 1. The molecule has 0 atom stereocenters. The zero-order chi connectivity index (χ0) is 22.9. The normalized spacial score (nSPS) is 10.2. The minimum absolute atomic E-state index is 0.0433. The Morgan fingerprint density at radius 2 is 1.15 bits per heavy atom. The summed E-state index contributed by atoms with van der Waals surface area (Å²) in [5.41, 5.74) is 5.84. The van der Waals surface area contributed by atoms with Gasteiger partial charge in [-0.25, -0.2) is 0 Å². The molecule has 0 aliphatic rings. The smallest absolute Gasteiger partial charge is 0.171 e. The number of nitrogens with zero attached hydrogens (tertiary/aromatic N) is 1. The molecule has 0 aliphatic heterocycles. The Morgan fingerprint density at radius 3 is 1.73 bits per heavy atom. The number of hydrogen-bond donors (Lipinski definition) is 0. The lowest BCUT2D eigenvalue weighted by molar-refractivity contribution is 0.103. The lowest BCUT2D eigenvalue weighted by Crippen LogP contribution is -2.00. The van der Waals surface area contributed by atoms with Crippen LogP contribution in [0.3, 0.4) is 0 Å². The van der Waals surface area contributed by atoms with E-state index in [9.17, 15) is 4.79 Å². The van der Waals surface area contributed by atoms with Crippen LogP contribution in [0.15, 0.2) is 126 Å². The molecule has 3 nitrogen and oxygen atoms in total. The minimum Gasteiger partial charge on any atom is -0.360 e. The molecule has 0 saturated carbocycles. The van der Waals surface area contributed by atoms with Gasteiger partial charge in [0.1, 0.15) is 11.5 Å². The molecule has 5 rings (SSSR count). The summed E-state index contributed by atoms with van der Waals surface area (Å²) in [5, 5.41) is 4.19. The van der Waals surface area contributed by atoms with E-state index in [4.69, 9.17) is 4.52 Å². The van der Waals surface area contributed by atoms with Crippen molar-refractivity contribution in [1.82, 2.24) is 5.16 Å². The van der Waals surface area contributed by atoms with Crippen molar-refractivity contribution in [3.05, 3.63) is 145 Å². The van der Waals surface area contributed by atoms with Gasteiger partial charge in [-0.3, -0.25) is 4.79 Å². The number of Topliss-reactive ketones (excluding diaryl/α,β-unsaturated/α-hetero) is 1. The fraction of sp³-hybridized carbons (Fsp3) is 0.0333. The van der Waals surface area contributed by atoms with Crippen molar-refractivity contribution in [2.45, 2.75) is 6.92 Å². The SMILES string of the molecule is Cc1onc(-c2ccccc2)c1-c1ccccc1.O=C([CH]c1ccccc1)c1ccccc1. The second-order valence-corrected chi connectivity index (χ2v) is 7.48. The Bertz CT molecular complexity index is 1280. The molecule has 0 fully saturated rings. The number of aromatic nitrogens is 1. The van der Waals surface area contributed by atoms with Gasteiger partial charge in [-0.15, -0.1) is 0 Å². The first-order chi connectivity index (χ1) is 16.2. The molecule has 33 heavy (non-hydrogen) atoms. The first kappa shape index (κ1) is 22.0. The van der Waals surface area contributed by atoms with Crippen LogP contribution >= 0.6 is 0 Å². The van der Waals surface area contributed by atoms with Crippen LogP contribution in [-0.2, 0) is 0 Å². The third-order valence-electron chi connectivity index (χ3n) is 5.13. The minimum atomic E-state index is 0.0433. The maximum Gasteiger partial charge on any atom is 0.171 e. The maximum absolute atomic E-state index is 11.8. The van der Waals surface area contributed by atoms with Gasteiger partial charge in [-0.2, -0.15) is 0 Å². The van der Waals surface area contributed by atoms with E-state index in [1.807, 2.05) is 116 Å². The Morgan fingerprint density at radius 1 is 0.667 bits per heavy atom. The number of benzene rings is 4. The largest absolute Gasteiger partial charge is 0.360 e. The van der Waals surface area contributed by atoms with Crippen molar-refractivity contribution in [1.29, 1.82) is 0 Å². The van der Waals surface area contributed by atoms with Crippen molar-refractivity contribution >= 4 is 5.78 Å². The molecule has 0 amide bonds. The summed E-state index contributed by atoms with van der Waals surface area (Å²) in [6.07, 6.45) is 1.65. The standard InChI is InChI=1S/C16H13NO.C14H11O/c1-12-15(13-8-4-2-5-9-13)16(17-18-12)14-10-6-3-7-11-14;15-14(13-9-5-2-6-10-13)11-12-7-3-1-4-8-12/h2-11H,1H3;1-11H. The average Bonchev–Trinajstić information content (AvgIpc) is 3.28. The summed E-state index contributed by atoms with van der Waals surface area (Å²) in [6, 6.07) is 39.2. The first-order valence-electron chi connectivity index (χ1n) is 10.8. The molecule has 4 aromatic carbocycles. The number of hydrogen-bond acceptors (Lipinski definition) is 3. The predicted molar refractivity (Wildman–Crippen MR) is 133 cm³/mol. The van der Waals surface area contributed by atoms with Crippen molar-refractivity contribution in [3.63, 3.8) is 0 Å². The summed E-state index contributed by atoms with van der Waals surface area (Å²) in [7, 11) is 0. The fourth-order valence-corrected chi connectivity index (χ4v) is 3.50. The summed E-state index contributed by atoms with van der Waals surface area (Å²) >= 11 is 0. The molecule has 0 aliphatic carbocycles. The molecule has 1 radical (unpaired) electrons. The quantitative estimate of drug-likeness (QED) is 0.272. The summed E-state index contributed by atoms with van der Waals surface area (Å²) < 4.78 is 5.35. The van der Waals surface area contributed by atoms with E-state index in [1.54, 1.807) is 6.42 Å². The number of rotatable bonds is 5. The topological polar surface area (TPSA) is 43.1 Å². The summed E-state index contributed by atoms with van der Waals surface area (Å²) in [5.74, 6) is 0.891. The van der Waals surface area contributed by atoms with E-state index < -0.39 is 0 Å². The van der Waals surface area contributed by atoms with Gasteiger partial charge in [0, 0.05) is 11.1 Å². The van der Waals surface area contributed by atoms with Crippen molar-refractivity contribution in [2.75, 3.05) is 0 Å². The molecule has 5 aromatic rings. The first-order valence-corrected chi connectivity index (χ1v) is 10.8. The zero-order valence-corrected chi connectivity index (χ0v) is 18.4. The van der Waals surface area contributed by atoms with Crippen LogP contribution < -0.4 is 0 Å². The highest BCUT2D eigenvalue weighted by molar-refractivity contribution is 6.04. The number of carbonyl (C=O) groups excluding carboxylic acids is 1. The van der Waals surface area contributed by atoms with Crippen molar-refractivity contribution in [2.24, 2.45) is 0 Å². The van der Waals surface area contributed by atoms with Crippen LogP contribution in [0.1, 0.15) is 21.7 Å². The van der Waals surface area contributed by atoms with Gasteiger partial charge in [-0.05, 0) is 18.1 Å². The van der Waals surface area contributed by atoms with Crippen LogP contribution in [-0.4, -0.2) is 10.9 Å². The van der Waals surface area contributed by atoms with Crippen LogP contribution in [0.5, 0.6) is 0 Å². The molecular formula is C30H24NO2. The summed E-state index contributed by atoms with van der Waals surface area (Å²) in [6.45, 7) is 1.95. The Balaban J connectivity index is 0.000000160. The maximum atomic E-state index is 11.8. The van der Waals surface area contributed by atoms with E-state index in [-0.39, 0.29) is 5.78 Å². The van der Waals surface area contributed by atoms with Crippen LogP contribution in [0.2, 0.25) is 0 Å². The van der Waals surface area contributed by atoms with Crippen LogP contribution in [0.25, 0.3) is 22.4 Å². The number of ketones is 1. The van der Waals surface area contributed by atoms with Crippen molar-refractivity contribution in [3.8, 4) is 22.4 Å². The Labute approximate surface area is 194 Å². The highest BCUT2D eigenvalue weighted by Gasteiger charge is 2.15. The van der Waals surface area contributed by atoms with Gasteiger partial charge < -0.3 is 4.52 Å². The van der Waals surface area contributed by atoms with E-state index in [1.165, 1.54) is 0 Å². The van der Waals surface area contributed by atoms with Gasteiger partial charge in [0.05, 0.1) is 12.0 Å². The van der Waals surface area contributed by atoms with Gasteiger partial charge in [0.15, 0.2) is 5.78 Å². The molecular weight excluding hydrogens is 406 g/mol. The van der Waals surface area contributed by atoms with E-state index >= 15 is 0 Å². The lowest BCUT2D eigenvalue weighted by Gasteiger charge is -2.02. The van der Waals surface area contributed by atoms with E-state index in [0.29, 0.717) is 0 Å². The second kappa shape index (κ2) is 10.9. The molecule has 3 heteroatoms. The number of carbonyl (C=O) groups is 1. The van der Waals surface area contributed by atoms with Crippen LogP contribution in [0.4, 0.5) is 0 Å². The molecule has 1 aromatic heterocycles. The monoisotopic (exact) mass is 430 g/mol. The molecule has 0 spiro atoms. The molecule has 0 unspecified atom stereocenters. The third kappa shape index (κ3) is 5.72. The van der Waals surface area contributed by atoms with Gasteiger partial charge >= 0.3 is 0 Å². The lowest BCUT2D eigenvalue weighted by atomic mass is 10.00. The molecule has 1 heterocycles. The highest BCUT2D eigenvalue weighted by Crippen LogP contribution is 2.33. The van der Waals surface area contributed by atoms with Crippen LogP contribution in [0, 0.1) is 13.3 Å². The third-order valence-corrected chi connectivity index (χ3v) is 5.13. The highest BCUT2D eigenvalue weighted by atomic mass is 16.5. The summed E-state index contributed by atoms with van der Waals surface area (Å²) in [4.78, 5) is 11.8.